The highest BCUT2D eigenvalue weighted by atomic mass is 35.5. The van der Waals surface area contributed by atoms with Gasteiger partial charge in [0, 0.05) is 48.1 Å². The summed E-state index contributed by atoms with van der Waals surface area (Å²) in [5.74, 6) is -1.88. The van der Waals surface area contributed by atoms with E-state index in [-0.39, 0.29) is 49.7 Å². The van der Waals surface area contributed by atoms with Crippen LogP contribution in [0.1, 0.15) is 112 Å². The first-order valence-electron chi connectivity index (χ1n) is 18.4. The van der Waals surface area contributed by atoms with Gasteiger partial charge in [0.05, 0.1) is 0 Å². The molecule has 12 heteroatoms. The average Bonchev–Trinajstić information content (AvgIpc) is 3.70. The van der Waals surface area contributed by atoms with Crippen LogP contribution in [0.4, 0.5) is 5.69 Å². The van der Waals surface area contributed by atoms with Crippen LogP contribution in [0.3, 0.4) is 0 Å². The molecule has 278 valence electrons. The van der Waals surface area contributed by atoms with Gasteiger partial charge in [-0.25, -0.2) is 4.79 Å². The lowest BCUT2D eigenvalue weighted by atomic mass is 9.84. The second-order valence-electron chi connectivity index (χ2n) is 16.0. The van der Waals surface area contributed by atoms with Gasteiger partial charge in [-0.15, -0.1) is 0 Å². The normalized spacial score (nSPS) is 24.2. The largest absolute Gasteiger partial charge is 0.458 e. The Morgan fingerprint density at radius 3 is 2.32 bits per heavy atom. The quantitative estimate of drug-likeness (QED) is 0.284. The molecule has 3 unspecified atom stereocenters. The molecule has 5 rings (SSSR count). The van der Waals surface area contributed by atoms with E-state index in [1.54, 1.807) is 29.2 Å². The molecule has 4 fully saturated rings. The highest BCUT2D eigenvalue weighted by Gasteiger charge is 2.56. The van der Waals surface area contributed by atoms with Crippen LogP contribution in [0.25, 0.3) is 0 Å². The van der Waals surface area contributed by atoms with Crippen LogP contribution in [0.2, 0.25) is 5.02 Å². The number of benzene rings is 1. The molecule has 4 aliphatic rings. The van der Waals surface area contributed by atoms with Crippen molar-refractivity contribution in [2.45, 2.75) is 143 Å². The van der Waals surface area contributed by atoms with Crippen LogP contribution in [-0.2, 0) is 28.7 Å². The molecule has 3 N–H and O–H groups in total. The third-order valence-electron chi connectivity index (χ3n) is 10.1. The lowest BCUT2D eigenvalue weighted by Gasteiger charge is -2.36. The zero-order valence-electron chi connectivity index (χ0n) is 30.6. The number of aliphatic hydroxyl groups excluding tert-OH is 1. The van der Waals surface area contributed by atoms with Crippen molar-refractivity contribution in [3.8, 4) is 0 Å². The van der Waals surface area contributed by atoms with Gasteiger partial charge in [-0.3, -0.25) is 19.2 Å². The van der Waals surface area contributed by atoms with Gasteiger partial charge >= 0.3 is 5.97 Å². The van der Waals surface area contributed by atoms with Crippen molar-refractivity contribution in [3.05, 3.63) is 29.3 Å². The third kappa shape index (κ3) is 10.2. The van der Waals surface area contributed by atoms with Gasteiger partial charge in [0.1, 0.15) is 18.2 Å². The summed E-state index contributed by atoms with van der Waals surface area (Å²) < 4.78 is 5.66. The lowest BCUT2D eigenvalue weighted by molar-refractivity contribution is -0.165. The Morgan fingerprint density at radius 1 is 1.06 bits per heavy atom. The second-order valence-corrected chi connectivity index (χ2v) is 16.4. The number of esters is 1. The highest BCUT2D eigenvalue weighted by molar-refractivity contribution is 6.31. The van der Waals surface area contributed by atoms with Gasteiger partial charge in [-0.2, -0.15) is 0 Å². The van der Waals surface area contributed by atoms with E-state index >= 15 is 0 Å². The molecule has 11 nitrogen and oxygen atoms in total. The fraction of sp³-hybridized carbons (Fsp3) is 0.711. The molecule has 1 aromatic rings. The van der Waals surface area contributed by atoms with Crippen molar-refractivity contribution in [2.75, 3.05) is 18.0 Å². The Labute approximate surface area is 302 Å². The zero-order valence-corrected chi connectivity index (χ0v) is 31.4. The smallest absolute Gasteiger partial charge is 0.329 e. The first-order chi connectivity index (χ1) is 23.6. The van der Waals surface area contributed by atoms with Crippen molar-refractivity contribution >= 4 is 46.9 Å². The molecular formula is C38H57ClN4O7. The first-order valence-corrected chi connectivity index (χ1v) is 18.8. The van der Waals surface area contributed by atoms with E-state index < -0.39 is 52.9 Å². The molecule has 0 aromatic heterocycles. The minimum atomic E-state index is -1.58. The first kappa shape index (κ1) is 39.6. The SMILES string of the molecule is CCC.C[C@H](OC(=O)C1C[C@@]2(CC(=O)N(c3cccc(Cl)c3)C2)CN1C(=O)C(NC(=O)CC1CCCCC1)C(C)(C)C)C(O)C(=O)NC1CC1. The fourth-order valence-electron chi connectivity index (χ4n) is 7.26. The lowest BCUT2D eigenvalue weighted by Crippen LogP contribution is -2.57. The van der Waals surface area contributed by atoms with Crippen LogP contribution in [0.5, 0.6) is 0 Å². The predicted molar refractivity (Wildman–Crippen MR) is 192 cm³/mol. The number of rotatable bonds is 10. The average molecular weight is 717 g/mol. The molecule has 2 aliphatic carbocycles. The zero-order chi connectivity index (χ0) is 36.8. The second kappa shape index (κ2) is 16.9. The van der Waals surface area contributed by atoms with Crippen molar-refractivity contribution in [3.63, 3.8) is 0 Å². The minimum Gasteiger partial charge on any atom is -0.458 e. The summed E-state index contributed by atoms with van der Waals surface area (Å²) in [5.41, 5.74) is -0.825. The van der Waals surface area contributed by atoms with E-state index in [9.17, 15) is 29.1 Å². The number of hydrogen-bond donors (Lipinski definition) is 3. The maximum Gasteiger partial charge on any atom is 0.329 e. The maximum absolute atomic E-state index is 14.5. The molecular weight excluding hydrogens is 660 g/mol. The summed E-state index contributed by atoms with van der Waals surface area (Å²) in [4.78, 5) is 70.6. The number of aliphatic hydroxyl groups is 1. The van der Waals surface area contributed by atoms with Gasteiger partial charge in [-0.1, -0.05) is 78.0 Å². The number of hydrogen-bond acceptors (Lipinski definition) is 7. The fourth-order valence-corrected chi connectivity index (χ4v) is 7.44. The summed E-state index contributed by atoms with van der Waals surface area (Å²) in [6.07, 6.45) is 6.11. The van der Waals surface area contributed by atoms with Gasteiger partial charge in [0.25, 0.3) is 5.91 Å². The highest BCUT2D eigenvalue weighted by Crippen LogP contribution is 2.46. The molecule has 1 spiro atoms. The number of amides is 4. The van der Waals surface area contributed by atoms with Crippen LogP contribution in [0.15, 0.2) is 24.3 Å². The van der Waals surface area contributed by atoms with Gasteiger partial charge in [-0.05, 0) is 68.6 Å². The van der Waals surface area contributed by atoms with Gasteiger partial charge < -0.3 is 30.3 Å². The van der Waals surface area contributed by atoms with Crippen LogP contribution in [-0.4, -0.2) is 83.0 Å². The van der Waals surface area contributed by atoms with Crippen LogP contribution in [0, 0.1) is 16.7 Å². The number of carbonyl (C=O) groups is 5. The Hall–Kier alpha value is -3.18. The maximum atomic E-state index is 14.5. The molecule has 50 heavy (non-hydrogen) atoms. The molecule has 0 bridgehead atoms. The number of carbonyl (C=O) groups excluding carboxylic acids is 5. The summed E-state index contributed by atoms with van der Waals surface area (Å²) in [6, 6.07) is 4.98. The molecule has 0 radical (unpaired) electrons. The van der Waals surface area contributed by atoms with E-state index in [0.717, 1.165) is 38.5 Å². The minimum absolute atomic E-state index is 0.0212. The molecule has 2 aliphatic heterocycles. The molecule has 1 aromatic carbocycles. The number of nitrogens with zero attached hydrogens (tertiary/aromatic N) is 2. The third-order valence-corrected chi connectivity index (χ3v) is 10.3. The van der Waals surface area contributed by atoms with E-state index in [1.807, 2.05) is 20.8 Å². The van der Waals surface area contributed by atoms with Crippen molar-refractivity contribution in [1.29, 1.82) is 0 Å². The Balaban J connectivity index is 0.00000181. The molecule has 2 heterocycles. The number of nitrogens with one attached hydrogen (secondary N) is 2. The monoisotopic (exact) mass is 716 g/mol. The number of likely N-dealkylation sites (tertiary alicyclic amines) is 1. The van der Waals surface area contributed by atoms with Gasteiger partial charge in [0.2, 0.25) is 17.7 Å². The van der Waals surface area contributed by atoms with E-state index in [1.165, 1.54) is 24.7 Å². The molecule has 5 atom stereocenters. The summed E-state index contributed by atoms with van der Waals surface area (Å²) in [6.45, 7) is 11.6. The summed E-state index contributed by atoms with van der Waals surface area (Å²) >= 11 is 6.22. The topological polar surface area (TPSA) is 145 Å². The summed E-state index contributed by atoms with van der Waals surface area (Å²) in [5, 5.41) is 16.8. The van der Waals surface area contributed by atoms with E-state index in [4.69, 9.17) is 16.3 Å². The Kier molecular flexibility index (Phi) is 13.4. The van der Waals surface area contributed by atoms with Crippen LogP contribution < -0.4 is 15.5 Å². The van der Waals surface area contributed by atoms with Crippen molar-refractivity contribution in [2.24, 2.45) is 16.7 Å². The van der Waals surface area contributed by atoms with E-state index in [2.05, 4.69) is 24.5 Å². The Morgan fingerprint density at radius 2 is 1.72 bits per heavy atom. The summed E-state index contributed by atoms with van der Waals surface area (Å²) in [7, 11) is 0. The Bertz CT molecular complexity index is 1390. The molecule has 4 amide bonds. The molecule has 2 saturated carbocycles. The molecule has 2 saturated heterocycles. The van der Waals surface area contributed by atoms with Crippen molar-refractivity contribution < 1.29 is 33.8 Å². The standard InChI is InChI=1S/C35H49ClN4O7.C3H8/c1-21(29(43)31(44)37-24-13-14-24)47-33(46)26-17-35(18-28(42)39(19-35)25-12-8-11-23(36)16-25)20-40(26)32(45)30(34(2,3)4)38-27(41)15-22-9-6-5-7-10-22;1-3-2/h8,11-12,16,21-22,24,26,29-30,43H,5-7,9-10,13-15,17-20H2,1-4H3,(H,37,44)(H,38,41);3H2,1-2H3/t21-,26?,29?,30?,35-;/m0./s1. The predicted octanol–water partition coefficient (Wildman–Crippen LogP) is 5.15. The van der Waals surface area contributed by atoms with E-state index in [0.29, 0.717) is 17.1 Å². The van der Waals surface area contributed by atoms with Crippen LogP contribution >= 0.6 is 11.6 Å². The van der Waals surface area contributed by atoms with Gasteiger partial charge in [0.15, 0.2) is 6.10 Å². The number of anilines is 1. The number of ether oxygens (including phenoxy) is 1. The number of halogens is 1. The van der Waals surface area contributed by atoms with Crippen molar-refractivity contribution in [1.82, 2.24) is 15.5 Å².